The van der Waals surface area contributed by atoms with E-state index >= 15 is 0 Å². The summed E-state index contributed by atoms with van der Waals surface area (Å²) in [4.78, 5) is 47.8. The van der Waals surface area contributed by atoms with Gasteiger partial charge < -0.3 is 25.5 Å². The number of alkyl carbamates (subject to hydrolysis) is 1. The average Bonchev–Trinajstić information content (AvgIpc) is 2.48. The number of hydrogen-bond donors (Lipinski definition) is 3. The number of rotatable bonds is 9. The van der Waals surface area contributed by atoms with Gasteiger partial charge in [0.2, 0.25) is 11.8 Å². The SMILES string of the molecule is CC(C)C[C@@H](C=O)NC(=O)[C@H](C)NC(=O)[C@@H](NC(=O)OC(C)(C)C)C(C)C. The van der Waals surface area contributed by atoms with E-state index in [9.17, 15) is 19.2 Å². The molecular formula is C19H35N3O5. The normalized spacial score (nSPS) is 14.9. The van der Waals surface area contributed by atoms with Crippen molar-refractivity contribution in [3.63, 3.8) is 0 Å². The van der Waals surface area contributed by atoms with Crippen LogP contribution in [0.2, 0.25) is 0 Å². The van der Waals surface area contributed by atoms with Crippen LogP contribution >= 0.6 is 0 Å². The van der Waals surface area contributed by atoms with Crippen molar-refractivity contribution in [1.29, 1.82) is 0 Å². The fraction of sp³-hybridized carbons (Fsp3) is 0.789. The molecule has 0 aliphatic heterocycles. The summed E-state index contributed by atoms with van der Waals surface area (Å²) >= 11 is 0. The summed E-state index contributed by atoms with van der Waals surface area (Å²) < 4.78 is 5.18. The Labute approximate surface area is 162 Å². The molecule has 0 unspecified atom stereocenters. The average molecular weight is 386 g/mol. The molecule has 0 aliphatic carbocycles. The first-order valence-electron chi connectivity index (χ1n) is 9.32. The maximum atomic E-state index is 12.5. The standard InChI is InChI=1S/C19H35N3O5/c1-11(2)9-14(10-23)21-16(24)13(5)20-17(25)15(12(3)4)22-18(26)27-19(6,7)8/h10-15H,9H2,1-8H3,(H,20,25)(H,21,24)(H,22,26)/t13-,14-,15-/m0/s1. The van der Waals surface area contributed by atoms with Gasteiger partial charge in [0, 0.05) is 0 Å². The summed E-state index contributed by atoms with van der Waals surface area (Å²) in [6, 6.07) is -2.31. The molecular weight excluding hydrogens is 350 g/mol. The van der Waals surface area contributed by atoms with Gasteiger partial charge in [-0.1, -0.05) is 27.7 Å². The number of nitrogens with one attached hydrogen (secondary N) is 3. The minimum Gasteiger partial charge on any atom is -0.444 e. The highest BCUT2D eigenvalue weighted by Crippen LogP contribution is 2.09. The molecule has 0 aromatic rings. The first-order chi connectivity index (χ1) is 12.3. The molecule has 3 amide bonds. The first-order valence-corrected chi connectivity index (χ1v) is 9.32. The highest BCUT2D eigenvalue weighted by Gasteiger charge is 2.29. The Morgan fingerprint density at radius 1 is 0.926 bits per heavy atom. The molecule has 0 aromatic carbocycles. The van der Waals surface area contributed by atoms with Crippen LogP contribution in [0, 0.1) is 11.8 Å². The zero-order chi connectivity index (χ0) is 21.4. The summed E-state index contributed by atoms with van der Waals surface area (Å²) in [6.45, 7) is 14.1. The van der Waals surface area contributed by atoms with Crippen LogP contribution in [-0.4, -0.2) is 47.9 Å². The van der Waals surface area contributed by atoms with Crippen LogP contribution in [0.3, 0.4) is 0 Å². The van der Waals surface area contributed by atoms with Gasteiger partial charge in [-0.15, -0.1) is 0 Å². The number of ether oxygens (including phenoxy) is 1. The summed E-state index contributed by atoms with van der Waals surface area (Å²) in [6.07, 6.45) is 0.504. The lowest BCUT2D eigenvalue weighted by atomic mass is 10.0. The van der Waals surface area contributed by atoms with Gasteiger partial charge in [-0.25, -0.2) is 4.79 Å². The van der Waals surface area contributed by atoms with E-state index < -0.39 is 41.6 Å². The third-order valence-electron chi connectivity index (χ3n) is 3.59. The van der Waals surface area contributed by atoms with Crippen LogP contribution in [0.4, 0.5) is 4.79 Å². The van der Waals surface area contributed by atoms with Crippen molar-refractivity contribution in [2.45, 2.75) is 85.5 Å². The van der Waals surface area contributed by atoms with Gasteiger partial charge in [0.25, 0.3) is 0 Å². The van der Waals surface area contributed by atoms with Gasteiger partial charge in [0.15, 0.2) is 0 Å². The molecule has 27 heavy (non-hydrogen) atoms. The molecule has 0 radical (unpaired) electrons. The molecule has 0 heterocycles. The summed E-state index contributed by atoms with van der Waals surface area (Å²) in [5.74, 6) is -0.920. The zero-order valence-corrected chi connectivity index (χ0v) is 17.7. The van der Waals surface area contributed by atoms with Crippen LogP contribution in [0.5, 0.6) is 0 Å². The molecule has 0 saturated heterocycles. The number of aldehydes is 1. The Morgan fingerprint density at radius 2 is 1.48 bits per heavy atom. The van der Waals surface area contributed by atoms with E-state index in [1.165, 1.54) is 6.92 Å². The van der Waals surface area contributed by atoms with Crippen LogP contribution in [-0.2, 0) is 19.1 Å². The molecule has 0 spiro atoms. The van der Waals surface area contributed by atoms with Crippen molar-refractivity contribution in [3.8, 4) is 0 Å². The van der Waals surface area contributed by atoms with Crippen LogP contribution in [0.15, 0.2) is 0 Å². The number of carbonyl (C=O) groups excluding carboxylic acids is 4. The lowest BCUT2D eigenvalue weighted by Crippen LogP contribution is -2.56. The fourth-order valence-electron chi connectivity index (χ4n) is 2.30. The van der Waals surface area contributed by atoms with Crippen LogP contribution in [0.25, 0.3) is 0 Å². The highest BCUT2D eigenvalue weighted by atomic mass is 16.6. The Balaban J connectivity index is 4.85. The highest BCUT2D eigenvalue weighted by molar-refractivity contribution is 5.92. The zero-order valence-electron chi connectivity index (χ0n) is 17.7. The Kier molecular flexibility index (Phi) is 10.0. The first kappa shape index (κ1) is 24.9. The summed E-state index contributed by atoms with van der Waals surface area (Å²) in [7, 11) is 0. The topological polar surface area (TPSA) is 114 Å². The van der Waals surface area contributed by atoms with Crippen LogP contribution in [0.1, 0.15) is 61.8 Å². The van der Waals surface area contributed by atoms with Crippen molar-refractivity contribution in [2.24, 2.45) is 11.8 Å². The maximum absolute atomic E-state index is 12.5. The van der Waals surface area contributed by atoms with E-state index in [-0.39, 0.29) is 11.8 Å². The third-order valence-corrected chi connectivity index (χ3v) is 3.59. The predicted octanol–water partition coefficient (Wildman–Crippen LogP) is 1.77. The molecule has 0 bridgehead atoms. The lowest BCUT2D eigenvalue weighted by molar-refractivity contribution is -0.131. The maximum Gasteiger partial charge on any atom is 0.408 e. The van der Waals surface area contributed by atoms with Gasteiger partial charge in [0.1, 0.15) is 24.0 Å². The summed E-state index contributed by atoms with van der Waals surface area (Å²) in [5.41, 5.74) is -0.685. The van der Waals surface area contributed by atoms with Crippen LogP contribution < -0.4 is 16.0 Å². The van der Waals surface area contributed by atoms with E-state index in [1.54, 1.807) is 34.6 Å². The van der Waals surface area contributed by atoms with E-state index in [0.29, 0.717) is 12.7 Å². The Morgan fingerprint density at radius 3 is 1.89 bits per heavy atom. The van der Waals surface area contributed by atoms with E-state index in [2.05, 4.69) is 16.0 Å². The largest absolute Gasteiger partial charge is 0.444 e. The minimum absolute atomic E-state index is 0.212. The number of amides is 3. The number of hydrogen-bond acceptors (Lipinski definition) is 5. The molecule has 0 aliphatic rings. The molecule has 0 fully saturated rings. The van der Waals surface area contributed by atoms with Gasteiger partial charge >= 0.3 is 6.09 Å². The quantitative estimate of drug-likeness (QED) is 0.524. The molecule has 8 heteroatoms. The molecule has 0 aromatic heterocycles. The predicted molar refractivity (Wildman–Crippen MR) is 103 cm³/mol. The monoisotopic (exact) mass is 385 g/mol. The van der Waals surface area contributed by atoms with Crippen molar-refractivity contribution in [3.05, 3.63) is 0 Å². The summed E-state index contributed by atoms with van der Waals surface area (Å²) in [5, 5.41) is 7.72. The van der Waals surface area contributed by atoms with E-state index in [4.69, 9.17) is 4.74 Å². The van der Waals surface area contributed by atoms with Crippen molar-refractivity contribution < 1.29 is 23.9 Å². The minimum atomic E-state index is -0.854. The third kappa shape index (κ3) is 10.6. The number of carbonyl (C=O) groups is 4. The molecule has 156 valence electrons. The van der Waals surface area contributed by atoms with E-state index in [1.807, 2.05) is 13.8 Å². The lowest BCUT2D eigenvalue weighted by Gasteiger charge is -2.26. The Bertz CT molecular complexity index is 526. The second-order valence-corrected chi connectivity index (χ2v) is 8.48. The molecule has 0 rings (SSSR count). The van der Waals surface area contributed by atoms with E-state index in [0.717, 1.165) is 0 Å². The van der Waals surface area contributed by atoms with Gasteiger partial charge in [-0.05, 0) is 46.0 Å². The molecule has 8 nitrogen and oxygen atoms in total. The Hall–Kier alpha value is -2.12. The second kappa shape index (κ2) is 10.9. The fourth-order valence-corrected chi connectivity index (χ4v) is 2.30. The second-order valence-electron chi connectivity index (χ2n) is 8.48. The van der Waals surface area contributed by atoms with Crippen molar-refractivity contribution in [2.75, 3.05) is 0 Å². The smallest absolute Gasteiger partial charge is 0.408 e. The molecule has 0 saturated carbocycles. The van der Waals surface area contributed by atoms with Crippen molar-refractivity contribution in [1.82, 2.24) is 16.0 Å². The van der Waals surface area contributed by atoms with Gasteiger partial charge in [-0.3, -0.25) is 9.59 Å². The molecule has 3 N–H and O–H groups in total. The van der Waals surface area contributed by atoms with Gasteiger partial charge in [-0.2, -0.15) is 0 Å². The van der Waals surface area contributed by atoms with Crippen molar-refractivity contribution >= 4 is 24.2 Å². The molecule has 3 atom stereocenters. The van der Waals surface area contributed by atoms with Gasteiger partial charge in [0.05, 0.1) is 6.04 Å².